The average Bonchev–Trinajstić information content (AvgIpc) is 2.62. The highest BCUT2D eigenvalue weighted by atomic mass is 19.4. The number of carbonyl (C=O) groups is 1. The van der Waals surface area contributed by atoms with E-state index in [0.29, 0.717) is 0 Å². The van der Waals surface area contributed by atoms with Crippen LogP contribution < -0.4 is 0 Å². The monoisotopic (exact) mass is 222 g/mol. The fourth-order valence-corrected chi connectivity index (χ4v) is 1.83. The van der Waals surface area contributed by atoms with Gasteiger partial charge in [-0.1, -0.05) is 19.9 Å². The summed E-state index contributed by atoms with van der Waals surface area (Å²) in [6.07, 6.45) is -3.09. The number of rotatable bonds is 2. The molecule has 2 atom stereocenters. The normalized spacial score (nSPS) is 29.2. The third-order valence-corrected chi connectivity index (χ3v) is 2.86. The Hall–Kier alpha value is -1.00. The molecule has 0 aromatic heterocycles. The van der Waals surface area contributed by atoms with Crippen molar-refractivity contribution >= 4 is 5.97 Å². The Labute approximate surface area is 86.1 Å². The summed E-state index contributed by atoms with van der Waals surface area (Å²) in [5.74, 6) is -1.29. The highest BCUT2D eigenvalue weighted by molar-refractivity contribution is 5.78. The van der Waals surface area contributed by atoms with Crippen LogP contribution >= 0.6 is 0 Å². The Kier molecular flexibility index (Phi) is 2.85. The molecule has 0 spiro atoms. The SMILES string of the molecule is COC(=O)[C@H]1[C@@H](/C=C\C(F)(F)F)C1(C)C. The number of ether oxygens (including phenoxy) is 1. The van der Waals surface area contributed by atoms with Gasteiger partial charge in [0, 0.05) is 6.08 Å². The highest BCUT2D eigenvalue weighted by Gasteiger charge is 2.61. The molecular weight excluding hydrogens is 209 g/mol. The largest absolute Gasteiger partial charge is 0.469 e. The first kappa shape index (κ1) is 12.1. The maximum Gasteiger partial charge on any atom is 0.409 e. The first-order valence-corrected chi connectivity index (χ1v) is 4.54. The van der Waals surface area contributed by atoms with Gasteiger partial charge in [-0.15, -0.1) is 0 Å². The van der Waals surface area contributed by atoms with Gasteiger partial charge in [-0.2, -0.15) is 13.2 Å². The van der Waals surface area contributed by atoms with Crippen LogP contribution in [0.1, 0.15) is 13.8 Å². The molecule has 0 aromatic rings. The Morgan fingerprint density at radius 2 is 1.93 bits per heavy atom. The zero-order chi connectivity index (χ0) is 11.9. The lowest BCUT2D eigenvalue weighted by Crippen LogP contribution is -2.07. The minimum absolute atomic E-state index is 0.183. The molecule has 0 N–H and O–H groups in total. The Bertz CT molecular complexity index is 292. The molecule has 15 heavy (non-hydrogen) atoms. The van der Waals surface area contributed by atoms with E-state index in [1.54, 1.807) is 13.8 Å². The second-order valence-electron chi connectivity index (χ2n) is 4.25. The van der Waals surface area contributed by atoms with E-state index in [0.717, 1.165) is 6.08 Å². The molecule has 0 saturated heterocycles. The summed E-state index contributed by atoms with van der Waals surface area (Å²) >= 11 is 0. The molecule has 5 heteroatoms. The number of carbonyl (C=O) groups excluding carboxylic acids is 1. The molecular formula is C10H13F3O2. The molecule has 1 fully saturated rings. The van der Waals surface area contributed by atoms with E-state index in [1.807, 2.05) is 0 Å². The number of hydrogen-bond acceptors (Lipinski definition) is 2. The molecule has 1 aliphatic rings. The number of alkyl halides is 3. The van der Waals surface area contributed by atoms with Gasteiger partial charge in [0.25, 0.3) is 0 Å². The van der Waals surface area contributed by atoms with Crippen LogP contribution in [0.25, 0.3) is 0 Å². The lowest BCUT2D eigenvalue weighted by molar-refractivity contribution is -0.143. The first-order chi connectivity index (χ1) is 6.70. The molecule has 0 aliphatic heterocycles. The van der Waals surface area contributed by atoms with E-state index in [-0.39, 0.29) is 12.0 Å². The number of allylic oxidation sites excluding steroid dienone is 2. The van der Waals surface area contributed by atoms with Crippen molar-refractivity contribution in [1.29, 1.82) is 0 Å². The molecule has 1 aliphatic carbocycles. The van der Waals surface area contributed by atoms with Crippen molar-refractivity contribution in [3.63, 3.8) is 0 Å². The summed E-state index contributed by atoms with van der Waals surface area (Å²) < 4.78 is 40.2. The summed E-state index contributed by atoms with van der Waals surface area (Å²) in [7, 11) is 1.24. The molecule has 0 aromatic carbocycles. The van der Waals surface area contributed by atoms with Crippen LogP contribution in [0.5, 0.6) is 0 Å². The molecule has 0 bridgehead atoms. The zero-order valence-corrected chi connectivity index (χ0v) is 8.76. The van der Waals surface area contributed by atoms with Crippen molar-refractivity contribution in [3.05, 3.63) is 12.2 Å². The van der Waals surface area contributed by atoms with Crippen molar-refractivity contribution < 1.29 is 22.7 Å². The van der Waals surface area contributed by atoms with Crippen molar-refractivity contribution in [2.45, 2.75) is 20.0 Å². The van der Waals surface area contributed by atoms with Crippen LogP contribution in [0.2, 0.25) is 0 Å². The molecule has 1 rings (SSSR count). The summed E-state index contributed by atoms with van der Waals surface area (Å²) in [5, 5.41) is 0. The van der Waals surface area contributed by atoms with Gasteiger partial charge < -0.3 is 4.74 Å². The maximum atomic E-state index is 11.9. The Balaban J connectivity index is 2.67. The van der Waals surface area contributed by atoms with Crippen LogP contribution in [0.3, 0.4) is 0 Å². The zero-order valence-electron chi connectivity index (χ0n) is 8.76. The Morgan fingerprint density at radius 1 is 1.40 bits per heavy atom. The number of esters is 1. The van der Waals surface area contributed by atoms with E-state index >= 15 is 0 Å². The van der Waals surface area contributed by atoms with Gasteiger partial charge in [-0.05, 0) is 11.3 Å². The summed E-state index contributed by atoms with van der Waals surface area (Å²) in [5.41, 5.74) is -0.436. The summed E-state index contributed by atoms with van der Waals surface area (Å²) in [6, 6.07) is 0. The van der Waals surface area contributed by atoms with Crippen LogP contribution in [0, 0.1) is 17.3 Å². The summed E-state index contributed by atoms with van der Waals surface area (Å²) in [4.78, 5) is 11.2. The third-order valence-electron chi connectivity index (χ3n) is 2.86. The van der Waals surface area contributed by atoms with Crippen molar-refractivity contribution in [3.8, 4) is 0 Å². The predicted octanol–water partition coefficient (Wildman–Crippen LogP) is 2.55. The van der Waals surface area contributed by atoms with E-state index in [9.17, 15) is 18.0 Å². The quantitative estimate of drug-likeness (QED) is 0.530. The lowest BCUT2D eigenvalue weighted by atomic mass is 10.1. The standard InChI is InChI=1S/C10H13F3O2/c1-9(2)6(4-5-10(11,12)13)7(9)8(14)15-3/h4-7H,1-3H3/b5-4-/t6-,7-/m1/s1. The van der Waals surface area contributed by atoms with E-state index in [1.165, 1.54) is 7.11 Å². The van der Waals surface area contributed by atoms with Crippen molar-refractivity contribution in [2.24, 2.45) is 17.3 Å². The Morgan fingerprint density at radius 3 is 2.33 bits per heavy atom. The van der Waals surface area contributed by atoms with Gasteiger partial charge in [0.1, 0.15) is 0 Å². The maximum absolute atomic E-state index is 11.9. The fraction of sp³-hybridized carbons (Fsp3) is 0.700. The molecule has 2 nitrogen and oxygen atoms in total. The smallest absolute Gasteiger partial charge is 0.409 e. The van der Waals surface area contributed by atoms with E-state index in [4.69, 9.17) is 0 Å². The van der Waals surface area contributed by atoms with Crippen LogP contribution in [0.15, 0.2) is 12.2 Å². The van der Waals surface area contributed by atoms with Gasteiger partial charge in [-0.25, -0.2) is 0 Å². The predicted molar refractivity (Wildman–Crippen MR) is 48.0 cm³/mol. The van der Waals surface area contributed by atoms with Crippen molar-refractivity contribution in [1.82, 2.24) is 0 Å². The average molecular weight is 222 g/mol. The van der Waals surface area contributed by atoms with Gasteiger partial charge in [0.05, 0.1) is 13.0 Å². The van der Waals surface area contributed by atoms with Crippen molar-refractivity contribution in [2.75, 3.05) is 7.11 Å². The van der Waals surface area contributed by atoms with Crippen LogP contribution in [0.4, 0.5) is 13.2 Å². The molecule has 0 radical (unpaired) electrons. The lowest BCUT2D eigenvalue weighted by Gasteiger charge is -1.99. The third kappa shape index (κ3) is 2.52. The molecule has 0 unspecified atom stereocenters. The van der Waals surface area contributed by atoms with E-state index in [2.05, 4.69) is 4.74 Å². The molecule has 86 valence electrons. The number of halogens is 3. The number of methoxy groups -OCH3 is 1. The second-order valence-corrected chi connectivity index (χ2v) is 4.25. The molecule has 0 amide bonds. The topological polar surface area (TPSA) is 26.3 Å². The van der Waals surface area contributed by atoms with E-state index < -0.39 is 23.5 Å². The summed E-state index contributed by atoms with van der Waals surface area (Å²) in [6.45, 7) is 3.50. The second kappa shape index (κ2) is 3.54. The number of hydrogen-bond donors (Lipinski definition) is 0. The minimum atomic E-state index is -4.32. The van der Waals surface area contributed by atoms with Crippen LogP contribution in [-0.2, 0) is 9.53 Å². The fourth-order valence-electron chi connectivity index (χ4n) is 1.83. The van der Waals surface area contributed by atoms with Crippen LogP contribution in [-0.4, -0.2) is 19.3 Å². The molecule has 1 saturated carbocycles. The van der Waals surface area contributed by atoms with Gasteiger partial charge in [-0.3, -0.25) is 4.79 Å². The minimum Gasteiger partial charge on any atom is -0.469 e. The molecule has 0 heterocycles. The van der Waals surface area contributed by atoms with Gasteiger partial charge in [0.15, 0.2) is 0 Å². The van der Waals surface area contributed by atoms with Gasteiger partial charge in [0.2, 0.25) is 0 Å². The van der Waals surface area contributed by atoms with Gasteiger partial charge >= 0.3 is 12.1 Å². The highest BCUT2D eigenvalue weighted by Crippen LogP contribution is 2.59. The first-order valence-electron chi connectivity index (χ1n) is 4.54.